The zero-order valence-corrected chi connectivity index (χ0v) is 14.2. The van der Waals surface area contributed by atoms with E-state index in [1.165, 1.54) is 18.4 Å². The second-order valence-corrected chi connectivity index (χ2v) is 6.40. The van der Waals surface area contributed by atoms with Gasteiger partial charge in [-0.05, 0) is 46.0 Å². The summed E-state index contributed by atoms with van der Waals surface area (Å²) < 4.78 is 0. The Balaban J connectivity index is 2.39. The van der Waals surface area contributed by atoms with E-state index in [0.717, 1.165) is 49.3 Å². The van der Waals surface area contributed by atoms with E-state index < -0.39 is 0 Å². The van der Waals surface area contributed by atoms with Crippen molar-refractivity contribution >= 4 is 11.6 Å². The third-order valence-electron chi connectivity index (χ3n) is 4.37. The van der Waals surface area contributed by atoms with Crippen molar-refractivity contribution in [2.75, 3.05) is 23.3 Å². The van der Waals surface area contributed by atoms with E-state index in [1.54, 1.807) is 0 Å². The highest BCUT2D eigenvalue weighted by Crippen LogP contribution is 2.31. The predicted octanol–water partition coefficient (Wildman–Crippen LogP) is 3.79. The summed E-state index contributed by atoms with van der Waals surface area (Å²) in [4.78, 5) is 12.1. The molecule has 1 saturated heterocycles. The van der Waals surface area contributed by atoms with E-state index in [2.05, 4.69) is 44.8 Å². The Morgan fingerprint density at radius 3 is 2.62 bits per heavy atom. The van der Waals surface area contributed by atoms with Gasteiger partial charge in [-0.2, -0.15) is 0 Å². The molecule has 118 valence electrons. The summed E-state index contributed by atoms with van der Waals surface area (Å²) >= 11 is 0. The number of nitrogens with one attached hydrogen (secondary N) is 1. The summed E-state index contributed by atoms with van der Waals surface area (Å²) in [5.41, 5.74) is 1.19. The SMILES string of the molecule is CCCc1nc(NCC)c(C)c(N2CC(C)CCC2C)n1. The molecule has 1 aromatic rings. The van der Waals surface area contributed by atoms with Crippen molar-refractivity contribution in [1.82, 2.24) is 9.97 Å². The Morgan fingerprint density at radius 1 is 1.19 bits per heavy atom. The molecule has 1 aromatic heterocycles. The zero-order chi connectivity index (χ0) is 15.4. The minimum absolute atomic E-state index is 0.568. The molecule has 0 spiro atoms. The van der Waals surface area contributed by atoms with Crippen LogP contribution in [0.5, 0.6) is 0 Å². The van der Waals surface area contributed by atoms with Gasteiger partial charge < -0.3 is 10.2 Å². The molecular formula is C17H30N4. The molecule has 2 rings (SSSR count). The number of piperidine rings is 1. The summed E-state index contributed by atoms with van der Waals surface area (Å²) in [6.45, 7) is 13.1. The van der Waals surface area contributed by atoms with Gasteiger partial charge in [-0.15, -0.1) is 0 Å². The van der Waals surface area contributed by atoms with E-state index >= 15 is 0 Å². The van der Waals surface area contributed by atoms with Gasteiger partial charge in [-0.3, -0.25) is 0 Å². The van der Waals surface area contributed by atoms with Gasteiger partial charge in [0.2, 0.25) is 0 Å². The van der Waals surface area contributed by atoms with E-state index in [0.29, 0.717) is 6.04 Å². The molecule has 0 bridgehead atoms. The van der Waals surface area contributed by atoms with Crippen LogP contribution in [0.15, 0.2) is 0 Å². The third kappa shape index (κ3) is 3.66. The monoisotopic (exact) mass is 290 g/mol. The van der Waals surface area contributed by atoms with E-state index in [9.17, 15) is 0 Å². The van der Waals surface area contributed by atoms with Crippen LogP contribution in [0.3, 0.4) is 0 Å². The summed E-state index contributed by atoms with van der Waals surface area (Å²) in [5, 5.41) is 3.40. The number of aromatic nitrogens is 2. The highest BCUT2D eigenvalue weighted by atomic mass is 15.2. The quantitative estimate of drug-likeness (QED) is 0.895. The summed E-state index contributed by atoms with van der Waals surface area (Å²) in [6, 6.07) is 0.568. The predicted molar refractivity (Wildman–Crippen MR) is 90.1 cm³/mol. The summed E-state index contributed by atoms with van der Waals surface area (Å²) in [5.74, 6) is 3.87. The smallest absolute Gasteiger partial charge is 0.137 e. The first-order chi connectivity index (χ1) is 10.1. The molecule has 1 N–H and O–H groups in total. The van der Waals surface area contributed by atoms with Crippen LogP contribution in [0.4, 0.5) is 11.6 Å². The topological polar surface area (TPSA) is 41.1 Å². The van der Waals surface area contributed by atoms with Crippen molar-refractivity contribution in [3.63, 3.8) is 0 Å². The van der Waals surface area contributed by atoms with Crippen molar-refractivity contribution < 1.29 is 0 Å². The minimum Gasteiger partial charge on any atom is -0.370 e. The molecule has 21 heavy (non-hydrogen) atoms. The Kier molecular flexibility index (Phi) is 5.43. The van der Waals surface area contributed by atoms with Gasteiger partial charge in [-0.1, -0.05) is 13.8 Å². The number of aryl methyl sites for hydroxylation is 1. The number of hydrogen-bond acceptors (Lipinski definition) is 4. The van der Waals surface area contributed by atoms with Crippen molar-refractivity contribution in [2.45, 2.75) is 66.3 Å². The van der Waals surface area contributed by atoms with E-state index in [1.807, 2.05) is 0 Å². The number of rotatable bonds is 5. The van der Waals surface area contributed by atoms with Crippen molar-refractivity contribution in [2.24, 2.45) is 5.92 Å². The Bertz CT molecular complexity index is 472. The first kappa shape index (κ1) is 16.1. The second-order valence-electron chi connectivity index (χ2n) is 6.40. The molecule has 0 amide bonds. The van der Waals surface area contributed by atoms with Crippen LogP contribution in [0.2, 0.25) is 0 Å². The zero-order valence-electron chi connectivity index (χ0n) is 14.2. The van der Waals surface area contributed by atoms with Crippen molar-refractivity contribution in [3.8, 4) is 0 Å². The van der Waals surface area contributed by atoms with Crippen LogP contribution in [0.1, 0.15) is 58.3 Å². The van der Waals surface area contributed by atoms with Gasteiger partial charge >= 0.3 is 0 Å². The molecule has 0 radical (unpaired) electrons. The van der Waals surface area contributed by atoms with Gasteiger partial charge in [0.05, 0.1) is 0 Å². The third-order valence-corrected chi connectivity index (χ3v) is 4.37. The van der Waals surface area contributed by atoms with Crippen LogP contribution >= 0.6 is 0 Å². The maximum atomic E-state index is 4.89. The van der Waals surface area contributed by atoms with E-state index in [4.69, 9.17) is 9.97 Å². The lowest BCUT2D eigenvalue weighted by Crippen LogP contribution is -2.42. The molecule has 1 aliphatic rings. The lowest BCUT2D eigenvalue weighted by Gasteiger charge is -2.38. The summed E-state index contributed by atoms with van der Waals surface area (Å²) in [7, 11) is 0. The van der Waals surface area contributed by atoms with E-state index in [-0.39, 0.29) is 0 Å². The first-order valence-electron chi connectivity index (χ1n) is 8.44. The van der Waals surface area contributed by atoms with Crippen LogP contribution < -0.4 is 10.2 Å². The Labute approximate surface area is 129 Å². The molecule has 2 heterocycles. The fourth-order valence-electron chi connectivity index (χ4n) is 3.09. The molecule has 1 fully saturated rings. The van der Waals surface area contributed by atoms with Gasteiger partial charge in [-0.25, -0.2) is 9.97 Å². The number of nitrogens with zero attached hydrogens (tertiary/aromatic N) is 3. The Morgan fingerprint density at radius 2 is 1.95 bits per heavy atom. The van der Waals surface area contributed by atoms with Gasteiger partial charge in [0.15, 0.2) is 0 Å². The Hall–Kier alpha value is -1.32. The number of anilines is 2. The molecule has 0 saturated carbocycles. The average molecular weight is 290 g/mol. The molecule has 0 aromatic carbocycles. The normalized spacial score (nSPS) is 22.4. The molecule has 2 unspecified atom stereocenters. The average Bonchev–Trinajstić information content (AvgIpc) is 2.45. The highest BCUT2D eigenvalue weighted by molar-refractivity contribution is 5.59. The molecule has 4 heteroatoms. The molecule has 4 nitrogen and oxygen atoms in total. The van der Waals surface area contributed by atoms with Crippen LogP contribution in [-0.2, 0) is 6.42 Å². The second kappa shape index (κ2) is 7.10. The van der Waals surface area contributed by atoms with Crippen molar-refractivity contribution in [1.29, 1.82) is 0 Å². The molecule has 2 atom stereocenters. The van der Waals surface area contributed by atoms with Crippen LogP contribution in [-0.4, -0.2) is 29.1 Å². The maximum absolute atomic E-state index is 4.89. The van der Waals surface area contributed by atoms with Crippen molar-refractivity contribution in [3.05, 3.63) is 11.4 Å². The largest absolute Gasteiger partial charge is 0.370 e. The van der Waals surface area contributed by atoms with Crippen LogP contribution in [0.25, 0.3) is 0 Å². The minimum atomic E-state index is 0.568. The van der Waals surface area contributed by atoms with Gasteiger partial charge in [0, 0.05) is 31.1 Å². The van der Waals surface area contributed by atoms with Crippen LogP contribution in [0, 0.1) is 12.8 Å². The maximum Gasteiger partial charge on any atom is 0.137 e. The molecular weight excluding hydrogens is 260 g/mol. The lowest BCUT2D eigenvalue weighted by atomic mass is 9.95. The fraction of sp³-hybridized carbons (Fsp3) is 0.765. The van der Waals surface area contributed by atoms with Gasteiger partial charge in [0.1, 0.15) is 17.5 Å². The lowest BCUT2D eigenvalue weighted by molar-refractivity contribution is 0.387. The number of hydrogen-bond donors (Lipinski definition) is 1. The highest BCUT2D eigenvalue weighted by Gasteiger charge is 2.26. The van der Waals surface area contributed by atoms with Gasteiger partial charge in [0.25, 0.3) is 0 Å². The molecule has 0 aliphatic carbocycles. The summed E-state index contributed by atoms with van der Waals surface area (Å²) in [6.07, 6.45) is 4.61. The fourth-order valence-corrected chi connectivity index (χ4v) is 3.09. The first-order valence-corrected chi connectivity index (χ1v) is 8.44. The molecule has 1 aliphatic heterocycles. The standard InChI is InChI=1S/C17H30N4/c1-6-8-15-19-16(18-7-2)14(5)17(20-15)21-11-12(3)9-10-13(21)4/h12-13H,6-11H2,1-5H3,(H,18,19,20).